The number of hydrogen-bond acceptors (Lipinski definition) is 1. The average molecular weight is 252 g/mol. The van der Waals surface area contributed by atoms with Gasteiger partial charge in [-0.1, -0.05) is 58.3 Å². The van der Waals surface area contributed by atoms with Crippen LogP contribution in [0.5, 0.6) is 0 Å². The molecule has 0 aromatic rings. The number of aliphatic hydroxyl groups is 1. The van der Waals surface area contributed by atoms with Crippen LogP contribution in [0.3, 0.4) is 0 Å². The highest BCUT2D eigenvalue weighted by Crippen LogP contribution is 2.08. The fourth-order valence-electron chi connectivity index (χ4n) is 2.03. The summed E-state index contributed by atoms with van der Waals surface area (Å²) < 4.78 is 0. The number of aliphatic hydroxyl groups excluding tert-OH is 1. The molecule has 0 radical (unpaired) electrons. The van der Waals surface area contributed by atoms with Gasteiger partial charge in [-0.3, -0.25) is 0 Å². The summed E-state index contributed by atoms with van der Waals surface area (Å²) in [4.78, 5) is 0. The van der Waals surface area contributed by atoms with E-state index in [4.69, 9.17) is 5.11 Å². The van der Waals surface area contributed by atoms with Gasteiger partial charge in [-0.05, 0) is 19.3 Å². The van der Waals surface area contributed by atoms with E-state index in [0.717, 1.165) is 25.7 Å². The summed E-state index contributed by atoms with van der Waals surface area (Å²) in [6, 6.07) is 0. The third-order valence-corrected chi connectivity index (χ3v) is 3.24. The van der Waals surface area contributed by atoms with Crippen LogP contribution in [0.4, 0.5) is 0 Å². The molecule has 0 atom stereocenters. The van der Waals surface area contributed by atoms with Crippen LogP contribution in [-0.4, -0.2) is 11.7 Å². The molecule has 0 unspecified atom stereocenters. The summed E-state index contributed by atoms with van der Waals surface area (Å²) in [7, 11) is 0. The SMILES string of the molecule is CCCCCCCCCC#CCCCCCCO. The lowest BCUT2D eigenvalue weighted by atomic mass is 10.1. The molecule has 0 fully saturated rings. The van der Waals surface area contributed by atoms with Crippen LogP contribution in [0, 0.1) is 11.8 Å². The maximum absolute atomic E-state index is 8.63. The fraction of sp³-hybridized carbons (Fsp3) is 0.882. The summed E-state index contributed by atoms with van der Waals surface area (Å²) in [5, 5.41) is 8.63. The summed E-state index contributed by atoms with van der Waals surface area (Å²) in [5.74, 6) is 6.54. The van der Waals surface area contributed by atoms with Crippen LogP contribution in [0.15, 0.2) is 0 Å². The van der Waals surface area contributed by atoms with Gasteiger partial charge in [-0.2, -0.15) is 0 Å². The Balaban J connectivity index is 3.05. The molecule has 1 nitrogen and oxygen atoms in total. The van der Waals surface area contributed by atoms with Crippen LogP contribution < -0.4 is 0 Å². The second-order valence-electron chi connectivity index (χ2n) is 5.11. The zero-order chi connectivity index (χ0) is 13.3. The van der Waals surface area contributed by atoms with Gasteiger partial charge in [-0.15, -0.1) is 11.8 Å². The molecule has 18 heavy (non-hydrogen) atoms. The molecule has 1 N–H and O–H groups in total. The first-order chi connectivity index (χ1) is 8.91. The van der Waals surface area contributed by atoms with Crippen LogP contribution in [0.25, 0.3) is 0 Å². The molecule has 0 saturated heterocycles. The first-order valence-electron chi connectivity index (χ1n) is 7.98. The molecule has 0 saturated carbocycles. The topological polar surface area (TPSA) is 20.2 Å². The molecule has 0 aromatic heterocycles. The van der Waals surface area contributed by atoms with Crippen molar-refractivity contribution in [1.82, 2.24) is 0 Å². The zero-order valence-electron chi connectivity index (χ0n) is 12.3. The molecule has 0 amide bonds. The van der Waals surface area contributed by atoms with Gasteiger partial charge in [0, 0.05) is 19.4 Å². The Morgan fingerprint density at radius 2 is 1.06 bits per heavy atom. The van der Waals surface area contributed by atoms with Gasteiger partial charge in [0.15, 0.2) is 0 Å². The van der Waals surface area contributed by atoms with Crippen molar-refractivity contribution < 1.29 is 5.11 Å². The lowest BCUT2D eigenvalue weighted by Gasteiger charge is -1.98. The lowest BCUT2D eigenvalue weighted by Crippen LogP contribution is -1.82. The van der Waals surface area contributed by atoms with Crippen molar-refractivity contribution in [1.29, 1.82) is 0 Å². The van der Waals surface area contributed by atoms with E-state index in [-0.39, 0.29) is 0 Å². The summed E-state index contributed by atoms with van der Waals surface area (Å²) in [6.45, 7) is 2.60. The third kappa shape index (κ3) is 15.5. The van der Waals surface area contributed by atoms with Crippen molar-refractivity contribution in [3.05, 3.63) is 0 Å². The van der Waals surface area contributed by atoms with Crippen LogP contribution in [0.1, 0.15) is 90.4 Å². The van der Waals surface area contributed by atoms with Crippen molar-refractivity contribution in [3.8, 4) is 11.8 Å². The highest BCUT2D eigenvalue weighted by Gasteiger charge is 1.89. The molecule has 0 rings (SSSR count). The van der Waals surface area contributed by atoms with Gasteiger partial charge in [0.05, 0.1) is 0 Å². The van der Waals surface area contributed by atoms with Crippen molar-refractivity contribution >= 4 is 0 Å². The van der Waals surface area contributed by atoms with E-state index in [2.05, 4.69) is 18.8 Å². The molecule has 0 bridgehead atoms. The van der Waals surface area contributed by atoms with Crippen LogP contribution in [0.2, 0.25) is 0 Å². The highest BCUT2D eigenvalue weighted by atomic mass is 16.2. The lowest BCUT2D eigenvalue weighted by molar-refractivity contribution is 0.282. The van der Waals surface area contributed by atoms with E-state index in [0.29, 0.717) is 6.61 Å². The predicted octanol–water partition coefficient (Wildman–Crippen LogP) is 5.07. The second kappa shape index (κ2) is 16.5. The monoisotopic (exact) mass is 252 g/mol. The standard InChI is InChI=1S/C17H32O/c1-2-3-4-5-6-7-8-9-10-11-12-13-14-15-16-17-18/h18H,2-9,12-17H2,1H3. The van der Waals surface area contributed by atoms with Crippen molar-refractivity contribution in [2.24, 2.45) is 0 Å². The average Bonchev–Trinajstić information content (AvgIpc) is 2.39. The number of unbranched alkanes of at least 4 members (excludes halogenated alkanes) is 11. The Labute approximate surface area is 114 Å². The van der Waals surface area contributed by atoms with Gasteiger partial charge in [0.25, 0.3) is 0 Å². The molecule has 0 aliphatic heterocycles. The molecule has 0 spiro atoms. The normalized spacial score (nSPS) is 10.1. The van der Waals surface area contributed by atoms with Crippen LogP contribution in [-0.2, 0) is 0 Å². The quantitative estimate of drug-likeness (QED) is 0.379. The minimum Gasteiger partial charge on any atom is -0.396 e. The second-order valence-corrected chi connectivity index (χ2v) is 5.11. The van der Waals surface area contributed by atoms with E-state index in [1.165, 1.54) is 57.8 Å². The third-order valence-electron chi connectivity index (χ3n) is 3.24. The van der Waals surface area contributed by atoms with Gasteiger partial charge in [0.1, 0.15) is 0 Å². The van der Waals surface area contributed by atoms with E-state index < -0.39 is 0 Å². The van der Waals surface area contributed by atoms with E-state index >= 15 is 0 Å². The molecule has 106 valence electrons. The number of rotatable bonds is 12. The first-order valence-corrected chi connectivity index (χ1v) is 7.98. The molecule has 0 heterocycles. The highest BCUT2D eigenvalue weighted by molar-refractivity contribution is 4.98. The molecule has 1 heteroatoms. The summed E-state index contributed by atoms with van der Waals surface area (Å²) in [5.41, 5.74) is 0. The molecular formula is C17H32O. The van der Waals surface area contributed by atoms with Gasteiger partial charge < -0.3 is 5.11 Å². The minimum atomic E-state index is 0.337. The fourth-order valence-corrected chi connectivity index (χ4v) is 2.03. The number of hydrogen-bond donors (Lipinski definition) is 1. The Hall–Kier alpha value is -0.480. The maximum Gasteiger partial charge on any atom is 0.0431 e. The Bertz CT molecular complexity index is 199. The zero-order valence-corrected chi connectivity index (χ0v) is 12.3. The van der Waals surface area contributed by atoms with Crippen molar-refractivity contribution in [2.45, 2.75) is 90.4 Å². The Kier molecular flexibility index (Phi) is 16.1. The first kappa shape index (κ1) is 17.5. The van der Waals surface area contributed by atoms with Crippen LogP contribution >= 0.6 is 0 Å². The molecule has 0 aliphatic carbocycles. The Morgan fingerprint density at radius 3 is 1.56 bits per heavy atom. The Morgan fingerprint density at radius 1 is 0.611 bits per heavy atom. The van der Waals surface area contributed by atoms with Crippen molar-refractivity contribution in [3.63, 3.8) is 0 Å². The van der Waals surface area contributed by atoms with Gasteiger partial charge >= 0.3 is 0 Å². The molecule has 0 aromatic carbocycles. The maximum atomic E-state index is 8.63. The summed E-state index contributed by atoms with van der Waals surface area (Å²) in [6.07, 6.45) is 16.2. The molecule has 0 aliphatic rings. The molecular weight excluding hydrogens is 220 g/mol. The van der Waals surface area contributed by atoms with E-state index in [9.17, 15) is 0 Å². The smallest absolute Gasteiger partial charge is 0.0431 e. The summed E-state index contributed by atoms with van der Waals surface area (Å²) >= 11 is 0. The van der Waals surface area contributed by atoms with E-state index in [1.807, 2.05) is 0 Å². The van der Waals surface area contributed by atoms with E-state index in [1.54, 1.807) is 0 Å². The van der Waals surface area contributed by atoms with Crippen molar-refractivity contribution in [2.75, 3.05) is 6.61 Å². The minimum absolute atomic E-state index is 0.337. The van der Waals surface area contributed by atoms with Gasteiger partial charge in [-0.25, -0.2) is 0 Å². The largest absolute Gasteiger partial charge is 0.396 e. The predicted molar refractivity (Wildman–Crippen MR) is 80.6 cm³/mol. The van der Waals surface area contributed by atoms with Gasteiger partial charge in [0.2, 0.25) is 0 Å².